The van der Waals surface area contributed by atoms with E-state index in [0.29, 0.717) is 0 Å². The van der Waals surface area contributed by atoms with E-state index in [9.17, 15) is 4.79 Å². The molecule has 1 aromatic rings. The lowest BCUT2D eigenvalue weighted by Gasteiger charge is -2.10. The van der Waals surface area contributed by atoms with E-state index < -0.39 is 0 Å². The molecule has 79 valence electrons. The third kappa shape index (κ3) is 1.41. The van der Waals surface area contributed by atoms with Crippen LogP contribution in [0.25, 0.3) is 0 Å². The van der Waals surface area contributed by atoms with Crippen molar-refractivity contribution in [1.82, 2.24) is 5.32 Å². The Bertz CT molecular complexity index is 514. The highest BCUT2D eigenvalue weighted by Gasteiger charge is 2.22. The molecule has 0 spiro atoms. The highest BCUT2D eigenvalue weighted by Crippen LogP contribution is 2.30. The Balaban J connectivity index is 2.10. The minimum atomic E-state index is -0.0203. The summed E-state index contributed by atoms with van der Waals surface area (Å²) in [7, 11) is 0. The summed E-state index contributed by atoms with van der Waals surface area (Å²) in [5.74, 6) is -0.0203. The van der Waals surface area contributed by atoms with Gasteiger partial charge in [0.2, 0.25) is 0 Å². The molecule has 3 heteroatoms. The lowest BCUT2D eigenvalue weighted by Crippen LogP contribution is -2.15. The van der Waals surface area contributed by atoms with Gasteiger partial charge in [-0.15, -0.1) is 0 Å². The highest BCUT2D eigenvalue weighted by atomic mass is 16.1. The van der Waals surface area contributed by atoms with E-state index in [0.717, 1.165) is 35.5 Å². The normalized spacial score (nSPS) is 18.1. The number of hydrogen-bond acceptors (Lipinski definition) is 1. The second-order valence-electron chi connectivity index (χ2n) is 3.89. The number of carbonyl (C=O) groups excluding carboxylic acids is 1. The molecule has 1 aliphatic heterocycles. The van der Waals surface area contributed by atoms with Crippen LogP contribution >= 0.6 is 0 Å². The van der Waals surface area contributed by atoms with Gasteiger partial charge in [0, 0.05) is 5.57 Å². The highest BCUT2D eigenvalue weighted by molar-refractivity contribution is 6.07. The Hall–Kier alpha value is -2.03. The van der Waals surface area contributed by atoms with Gasteiger partial charge in [-0.3, -0.25) is 4.79 Å². The van der Waals surface area contributed by atoms with Crippen LogP contribution in [0.2, 0.25) is 0 Å². The molecule has 2 aliphatic rings. The van der Waals surface area contributed by atoms with E-state index >= 15 is 0 Å². The molecule has 1 radical (unpaired) electrons. The fraction of sp³-hybridized carbons (Fsp3) is 0.154. The summed E-state index contributed by atoms with van der Waals surface area (Å²) in [5, 5.41) is 7.42. The summed E-state index contributed by atoms with van der Waals surface area (Å²) in [6, 6.07) is 7.61. The van der Waals surface area contributed by atoms with Gasteiger partial charge in [-0.2, -0.15) is 0 Å². The van der Waals surface area contributed by atoms with Crippen LogP contribution in [0, 0.1) is 0 Å². The number of rotatable bonds is 0. The Morgan fingerprint density at radius 1 is 1.25 bits per heavy atom. The zero-order valence-electron chi connectivity index (χ0n) is 8.73. The maximum atomic E-state index is 11.9. The van der Waals surface area contributed by atoms with E-state index in [-0.39, 0.29) is 5.91 Å². The van der Waals surface area contributed by atoms with Crippen LogP contribution in [-0.2, 0) is 4.79 Å². The van der Waals surface area contributed by atoms with Crippen molar-refractivity contribution in [2.75, 3.05) is 5.32 Å². The first-order valence-electron chi connectivity index (χ1n) is 5.36. The summed E-state index contributed by atoms with van der Waals surface area (Å²) >= 11 is 0. The molecule has 3 rings (SSSR count). The zero-order valence-corrected chi connectivity index (χ0v) is 8.73. The second-order valence-corrected chi connectivity index (χ2v) is 3.89. The van der Waals surface area contributed by atoms with Gasteiger partial charge in [0.1, 0.15) is 0 Å². The molecule has 1 aromatic carbocycles. The van der Waals surface area contributed by atoms with Crippen molar-refractivity contribution in [2.45, 2.75) is 12.8 Å². The maximum Gasteiger partial charge on any atom is 0.253 e. The van der Waals surface area contributed by atoms with Crippen LogP contribution < -0.4 is 10.6 Å². The molecule has 1 heterocycles. The number of allylic oxidation sites excluding steroid dienone is 2. The lowest BCUT2D eigenvalue weighted by molar-refractivity contribution is -0.113. The van der Waals surface area contributed by atoms with Crippen molar-refractivity contribution in [3.63, 3.8) is 0 Å². The van der Waals surface area contributed by atoms with Gasteiger partial charge in [0.25, 0.3) is 5.91 Å². The van der Waals surface area contributed by atoms with Gasteiger partial charge < -0.3 is 5.32 Å². The Kier molecular flexibility index (Phi) is 2.03. The van der Waals surface area contributed by atoms with Crippen LogP contribution in [0.1, 0.15) is 12.8 Å². The van der Waals surface area contributed by atoms with Crippen molar-refractivity contribution in [3.05, 3.63) is 47.7 Å². The number of carbonyl (C=O) groups is 1. The van der Waals surface area contributed by atoms with Gasteiger partial charge >= 0.3 is 0 Å². The molecule has 0 unspecified atom stereocenters. The minimum Gasteiger partial charge on any atom is -0.320 e. The molecule has 1 aliphatic carbocycles. The predicted octanol–water partition coefficient (Wildman–Crippen LogP) is 2.48. The number of benzene rings is 1. The molecule has 0 fully saturated rings. The topological polar surface area (TPSA) is 43.2 Å². The van der Waals surface area contributed by atoms with Crippen molar-refractivity contribution in [2.24, 2.45) is 0 Å². The number of para-hydroxylation sites is 2. The van der Waals surface area contributed by atoms with Gasteiger partial charge in [0.15, 0.2) is 0 Å². The molecule has 1 N–H and O–H groups in total. The Labute approximate surface area is 93.9 Å². The quantitative estimate of drug-likeness (QED) is 0.703. The van der Waals surface area contributed by atoms with Crippen LogP contribution in [0.5, 0.6) is 0 Å². The molecule has 0 bridgehead atoms. The van der Waals surface area contributed by atoms with E-state index in [1.54, 1.807) is 0 Å². The standard InChI is InChI=1S/C13H11N2O/c16-13-9-5-1-2-6-10(9)14-11-7-3-4-8-12(11)15-13/h2-4,6-8H,1,5H2,(H,15,16). The molecular formula is C13H11N2O. The van der Waals surface area contributed by atoms with Crippen molar-refractivity contribution in [3.8, 4) is 0 Å². The largest absolute Gasteiger partial charge is 0.320 e. The van der Waals surface area contributed by atoms with E-state index in [1.165, 1.54) is 0 Å². The van der Waals surface area contributed by atoms with Crippen molar-refractivity contribution in [1.29, 1.82) is 0 Å². The number of amides is 1. The second kappa shape index (κ2) is 3.52. The van der Waals surface area contributed by atoms with Gasteiger partial charge in [-0.25, -0.2) is 5.32 Å². The Morgan fingerprint density at radius 3 is 3.06 bits per heavy atom. The third-order valence-electron chi connectivity index (χ3n) is 2.81. The lowest BCUT2D eigenvalue weighted by atomic mass is 10.0. The predicted molar refractivity (Wildman–Crippen MR) is 62.3 cm³/mol. The summed E-state index contributed by atoms with van der Waals surface area (Å²) in [6.07, 6.45) is 5.68. The van der Waals surface area contributed by atoms with Crippen LogP contribution in [0.3, 0.4) is 0 Å². The fourth-order valence-corrected chi connectivity index (χ4v) is 1.99. The SMILES string of the molecule is O=C1Nc2ccccc2[N]C2=C1CCC=C2. The first-order valence-corrected chi connectivity index (χ1v) is 5.36. The number of anilines is 1. The molecule has 0 atom stereocenters. The number of nitrogens with one attached hydrogen (secondary N) is 1. The number of nitrogens with zero attached hydrogens (tertiary/aromatic N) is 1. The third-order valence-corrected chi connectivity index (χ3v) is 2.81. The molecule has 3 nitrogen and oxygen atoms in total. The Morgan fingerprint density at radius 2 is 2.12 bits per heavy atom. The number of fused-ring (bicyclic) bond motifs is 1. The first-order chi connectivity index (χ1) is 7.84. The van der Waals surface area contributed by atoms with E-state index in [4.69, 9.17) is 0 Å². The summed E-state index contributed by atoms with van der Waals surface area (Å²) < 4.78 is 0. The van der Waals surface area contributed by atoms with E-state index in [1.807, 2.05) is 30.3 Å². The zero-order chi connectivity index (χ0) is 11.0. The molecule has 1 amide bonds. The maximum absolute atomic E-state index is 11.9. The van der Waals surface area contributed by atoms with Crippen LogP contribution in [0.4, 0.5) is 11.4 Å². The summed E-state index contributed by atoms with van der Waals surface area (Å²) in [4.78, 5) is 11.9. The van der Waals surface area contributed by atoms with Gasteiger partial charge in [-0.05, 0) is 31.1 Å². The fourth-order valence-electron chi connectivity index (χ4n) is 1.99. The smallest absolute Gasteiger partial charge is 0.253 e. The van der Waals surface area contributed by atoms with Gasteiger partial charge in [-0.1, -0.05) is 18.2 Å². The average Bonchev–Trinajstić information content (AvgIpc) is 2.45. The minimum absolute atomic E-state index is 0.0203. The number of hydrogen-bond donors (Lipinski definition) is 1. The van der Waals surface area contributed by atoms with E-state index in [2.05, 4.69) is 16.7 Å². The van der Waals surface area contributed by atoms with Gasteiger partial charge in [0.05, 0.1) is 17.1 Å². The van der Waals surface area contributed by atoms with Crippen LogP contribution in [-0.4, -0.2) is 5.91 Å². The van der Waals surface area contributed by atoms with Crippen LogP contribution in [0.15, 0.2) is 47.7 Å². The molecule has 16 heavy (non-hydrogen) atoms. The van der Waals surface area contributed by atoms with Crippen molar-refractivity contribution < 1.29 is 4.79 Å². The molecule has 0 aromatic heterocycles. The molecule has 0 saturated carbocycles. The average molecular weight is 211 g/mol. The summed E-state index contributed by atoms with van der Waals surface area (Å²) in [6.45, 7) is 0. The molecular weight excluding hydrogens is 200 g/mol. The van der Waals surface area contributed by atoms with Crippen molar-refractivity contribution >= 4 is 17.3 Å². The molecule has 0 saturated heterocycles. The summed E-state index contributed by atoms with van der Waals surface area (Å²) in [5.41, 5.74) is 3.20. The monoisotopic (exact) mass is 211 g/mol. The first kappa shape index (κ1) is 9.21.